The predicted molar refractivity (Wildman–Crippen MR) is 161 cm³/mol. The zero-order valence-electron chi connectivity index (χ0n) is 26.3. The van der Waals surface area contributed by atoms with Gasteiger partial charge in [-0.3, -0.25) is 14.4 Å². The number of aromatic hydroxyl groups is 1. The smallest absolute Gasteiger partial charge is 0.180 e. The second kappa shape index (κ2) is 9.63. The molecule has 43 heavy (non-hydrogen) atoms. The van der Waals surface area contributed by atoms with Gasteiger partial charge >= 0.3 is 0 Å². The van der Waals surface area contributed by atoms with Crippen molar-refractivity contribution >= 4 is 23.9 Å². The molecule has 0 aromatic heterocycles. The number of phenols is 1. The molecule has 1 saturated heterocycles. The highest BCUT2D eigenvalue weighted by Crippen LogP contribution is 2.70. The first kappa shape index (κ1) is 29.8. The highest BCUT2D eigenvalue weighted by molar-refractivity contribution is 6.10. The van der Waals surface area contributed by atoms with Crippen LogP contribution in [0.5, 0.6) is 17.2 Å². The fourth-order valence-electron chi connectivity index (χ4n) is 8.38. The number of hydrogen-bond donors (Lipinski definition) is 1. The molecule has 230 valence electrons. The van der Waals surface area contributed by atoms with Crippen molar-refractivity contribution < 1.29 is 38.4 Å². The van der Waals surface area contributed by atoms with E-state index in [1.807, 2.05) is 60.6 Å². The van der Waals surface area contributed by atoms with Gasteiger partial charge < -0.3 is 24.1 Å². The summed E-state index contributed by atoms with van der Waals surface area (Å²) in [6.07, 6.45) is 8.33. The summed E-state index contributed by atoms with van der Waals surface area (Å²) in [5.41, 5.74) is -1.73. The first-order valence-corrected chi connectivity index (χ1v) is 15.3. The molecule has 3 saturated carbocycles. The first-order chi connectivity index (χ1) is 20.2. The molecular formula is C35H42O8. The normalized spacial score (nSPS) is 34.1. The Morgan fingerprint density at radius 1 is 1.09 bits per heavy atom. The first-order valence-electron chi connectivity index (χ1n) is 15.3. The average molecular weight is 591 g/mol. The molecule has 1 aromatic carbocycles. The number of ketones is 2. The summed E-state index contributed by atoms with van der Waals surface area (Å²) < 4.78 is 26.7. The van der Waals surface area contributed by atoms with Gasteiger partial charge in [0.1, 0.15) is 34.7 Å². The van der Waals surface area contributed by atoms with Gasteiger partial charge in [0.25, 0.3) is 0 Å². The minimum Gasteiger partial charge on any atom is -0.506 e. The highest BCUT2D eigenvalue weighted by atomic mass is 16.6. The van der Waals surface area contributed by atoms with Crippen molar-refractivity contribution in [3.05, 3.63) is 46.1 Å². The molecule has 0 amide bonds. The van der Waals surface area contributed by atoms with Crippen molar-refractivity contribution in [2.45, 2.75) is 103 Å². The van der Waals surface area contributed by atoms with Crippen LogP contribution in [0.4, 0.5) is 0 Å². The zero-order valence-corrected chi connectivity index (χ0v) is 26.3. The molecule has 4 bridgehead atoms. The Balaban J connectivity index is 1.68. The molecule has 1 spiro atoms. The molecule has 8 nitrogen and oxygen atoms in total. The molecule has 6 unspecified atom stereocenters. The van der Waals surface area contributed by atoms with Crippen LogP contribution in [0, 0.1) is 17.8 Å². The van der Waals surface area contributed by atoms with Crippen molar-refractivity contribution in [3.8, 4) is 17.2 Å². The lowest BCUT2D eigenvalue weighted by Crippen LogP contribution is -2.80. The Bertz CT molecular complexity index is 1520. The van der Waals surface area contributed by atoms with Gasteiger partial charge in [-0.25, -0.2) is 0 Å². The number of rotatable bonds is 7. The van der Waals surface area contributed by atoms with Crippen LogP contribution < -0.4 is 9.47 Å². The van der Waals surface area contributed by atoms with Crippen LogP contribution in [0.1, 0.15) is 89.7 Å². The lowest BCUT2D eigenvalue weighted by atomic mass is 9.45. The van der Waals surface area contributed by atoms with Crippen LogP contribution >= 0.6 is 0 Å². The van der Waals surface area contributed by atoms with E-state index in [4.69, 9.17) is 18.9 Å². The topological polar surface area (TPSA) is 108 Å². The van der Waals surface area contributed by atoms with Crippen LogP contribution in [-0.4, -0.2) is 58.1 Å². The number of phenolic OH excluding ortho intramolecular Hbond substituents is 1. The van der Waals surface area contributed by atoms with E-state index in [2.05, 4.69) is 0 Å². The third-order valence-electron chi connectivity index (χ3n) is 10.1. The van der Waals surface area contributed by atoms with Crippen molar-refractivity contribution in [2.75, 3.05) is 6.61 Å². The number of carbonyl (C=O) groups excluding carboxylic acids is 3. The van der Waals surface area contributed by atoms with E-state index in [0.29, 0.717) is 41.9 Å². The number of fused-ring (bicyclic) bond motifs is 2. The Morgan fingerprint density at radius 3 is 2.47 bits per heavy atom. The Labute approximate surface area is 253 Å². The molecule has 4 fully saturated rings. The molecular weight excluding hydrogens is 548 g/mol. The van der Waals surface area contributed by atoms with Crippen LogP contribution in [-0.2, 0) is 25.5 Å². The maximum atomic E-state index is 15.0. The van der Waals surface area contributed by atoms with Crippen LogP contribution in [0.15, 0.2) is 29.4 Å². The van der Waals surface area contributed by atoms with Crippen molar-refractivity contribution in [3.63, 3.8) is 0 Å². The standard InChI is InChI=1S/C35H42O8/c1-9-40-30-22-16-23-33(7,8)43-34(31(22)39,15-12-19(4)17-36)35(23)25(30)27(38)24-26(37)20-13-14-32(5,6)41-28(20)21(29(24)42-35)11-10-18(2)3/h10,12-14,17,22-23,25,30,37H,9,11,15-16H2,1-8H3/b19-12+. The Kier molecular flexibility index (Phi) is 6.68. The van der Waals surface area contributed by atoms with Gasteiger partial charge in [0.2, 0.25) is 0 Å². The van der Waals surface area contributed by atoms with E-state index < -0.39 is 40.3 Å². The van der Waals surface area contributed by atoms with E-state index >= 15 is 0 Å². The third kappa shape index (κ3) is 3.91. The second-order valence-corrected chi connectivity index (χ2v) is 14.0. The van der Waals surface area contributed by atoms with E-state index in [9.17, 15) is 19.5 Å². The van der Waals surface area contributed by atoms with E-state index in [1.54, 1.807) is 19.1 Å². The number of benzene rings is 1. The zero-order chi connectivity index (χ0) is 31.3. The van der Waals surface area contributed by atoms with E-state index in [1.165, 1.54) is 0 Å². The fraction of sp³-hybridized carbons (Fsp3) is 0.571. The number of ether oxygens (including phenoxy) is 4. The van der Waals surface area contributed by atoms with E-state index in [-0.39, 0.29) is 41.0 Å². The molecule has 6 atom stereocenters. The van der Waals surface area contributed by atoms with E-state index in [0.717, 1.165) is 11.9 Å². The summed E-state index contributed by atoms with van der Waals surface area (Å²) in [4.78, 5) is 41.2. The summed E-state index contributed by atoms with van der Waals surface area (Å²) in [5.74, 6) is -1.82. The van der Waals surface area contributed by atoms with Gasteiger partial charge in [-0.2, -0.15) is 0 Å². The van der Waals surface area contributed by atoms with Crippen LogP contribution in [0.2, 0.25) is 0 Å². The summed E-state index contributed by atoms with van der Waals surface area (Å²) in [5, 5.41) is 11.7. The minimum atomic E-state index is -1.53. The fourth-order valence-corrected chi connectivity index (χ4v) is 8.38. The number of aldehydes is 1. The number of Topliss-reactive ketones (excluding diaryl/α,β-unsaturated/α-hetero) is 2. The molecule has 1 aromatic rings. The molecule has 7 rings (SSSR count). The quantitative estimate of drug-likeness (QED) is 0.244. The lowest BCUT2D eigenvalue weighted by Gasteiger charge is -2.62. The lowest BCUT2D eigenvalue weighted by molar-refractivity contribution is -0.226. The van der Waals surface area contributed by atoms with Gasteiger partial charge in [0, 0.05) is 30.4 Å². The van der Waals surface area contributed by atoms with Gasteiger partial charge in [-0.05, 0) is 86.0 Å². The van der Waals surface area contributed by atoms with Gasteiger partial charge in [-0.15, -0.1) is 0 Å². The van der Waals surface area contributed by atoms with Crippen LogP contribution in [0.25, 0.3) is 6.08 Å². The molecule has 3 aliphatic heterocycles. The van der Waals surface area contributed by atoms with Crippen molar-refractivity contribution in [1.29, 1.82) is 0 Å². The number of hydrogen-bond acceptors (Lipinski definition) is 8. The summed E-state index contributed by atoms with van der Waals surface area (Å²) in [7, 11) is 0. The average Bonchev–Trinajstić information content (AvgIpc) is 3.07. The molecule has 3 heterocycles. The number of carbonyl (C=O) groups is 3. The Hall–Kier alpha value is -3.23. The second-order valence-electron chi connectivity index (χ2n) is 14.0. The van der Waals surface area contributed by atoms with Gasteiger partial charge in [0.15, 0.2) is 22.8 Å². The van der Waals surface area contributed by atoms with Gasteiger partial charge in [-0.1, -0.05) is 17.7 Å². The molecule has 0 radical (unpaired) electrons. The maximum Gasteiger partial charge on any atom is 0.180 e. The SMILES string of the molecule is CCOC1C2CC3C(C)(C)OC(C/C=C(\C)C=O)(C2=O)C32Oc3c(CC=C(C)C)c4c(c(O)c3C(=O)C12)C=CC(C)(C)O4. The third-order valence-corrected chi connectivity index (χ3v) is 10.1. The summed E-state index contributed by atoms with van der Waals surface area (Å²) in [6.45, 7) is 15.6. The van der Waals surface area contributed by atoms with Crippen LogP contribution in [0.3, 0.4) is 0 Å². The minimum absolute atomic E-state index is 0.0806. The molecule has 6 aliphatic rings. The summed E-state index contributed by atoms with van der Waals surface area (Å²) >= 11 is 0. The van der Waals surface area contributed by atoms with Gasteiger partial charge in [0.05, 0.1) is 23.2 Å². The molecule has 3 aliphatic carbocycles. The van der Waals surface area contributed by atoms with Crippen molar-refractivity contribution in [1.82, 2.24) is 0 Å². The molecule has 8 heteroatoms. The maximum absolute atomic E-state index is 15.0. The summed E-state index contributed by atoms with van der Waals surface area (Å²) in [6, 6.07) is 0. The largest absolute Gasteiger partial charge is 0.506 e. The monoisotopic (exact) mass is 590 g/mol. The molecule has 1 N–H and O–H groups in total. The predicted octanol–water partition coefficient (Wildman–Crippen LogP) is 5.72. The highest BCUT2D eigenvalue weighted by Gasteiger charge is 2.85. The van der Waals surface area contributed by atoms with Crippen molar-refractivity contribution in [2.24, 2.45) is 17.8 Å². The number of allylic oxidation sites excluding steroid dienone is 3. The Morgan fingerprint density at radius 2 is 1.81 bits per heavy atom.